The monoisotopic (exact) mass is 409 g/mol. The van der Waals surface area contributed by atoms with E-state index in [1.807, 2.05) is 30.3 Å². The van der Waals surface area contributed by atoms with Gasteiger partial charge in [0.05, 0.1) is 16.3 Å². The Morgan fingerprint density at radius 1 is 1.15 bits per heavy atom. The lowest BCUT2D eigenvalue weighted by molar-refractivity contribution is -1.01. The highest BCUT2D eigenvalue weighted by molar-refractivity contribution is 7.16. The van der Waals surface area contributed by atoms with Gasteiger partial charge in [-0.05, 0) is 30.2 Å². The molecule has 0 atom stereocenters. The van der Waals surface area contributed by atoms with Crippen molar-refractivity contribution in [1.29, 1.82) is 0 Å². The minimum atomic E-state index is 0.133. The Balaban J connectivity index is 1.34. The summed E-state index contributed by atoms with van der Waals surface area (Å²) < 4.78 is 6.21. The van der Waals surface area contributed by atoms with Gasteiger partial charge in [0.25, 0.3) is 5.91 Å². The predicted molar refractivity (Wildman–Crippen MR) is 109 cm³/mol. The molecule has 27 heavy (non-hydrogen) atoms. The second-order valence-electron chi connectivity index (χ2n) is 6.97. The Kier molecular flexibility index (Phi) is 7.52. The number of hydrogen-bond acceptors (Lipinski definition) is 3. The van der Waals surface area contributed by atoms with E-state index in [-0.39, 0.29) is 5.91 Å². The Bertz CT molecular complexity index is 744. The fourth-order valence-corrected chi connectivity index (χ4v) is 4.70. The van der Waals surface area contributed by atoms with Gasteiger partial charge in [-0.2, -0.15) is 0 Å². The van der Waals surface area contributed by atoms with Crippen LogP contribution in [0.15, 0.2) is 36.4 Å². The molecular formula is C20H28ClN3O2S+2. The van der Waals surface area contributed by atoms with Crippen molar-refractivity contribution < 1.29 is 19.3 Å². The van der Waals surface area contributed by atoms with Crippen LogP contribution in [0.2, 0.25) is 4.34 Å². The molecule has 1 aromatic heterocycles. The fraction of sp³-hybridized carbons (Fsp3) is 0.450. The molecule has 1 aliphatic rings. The van der Waals surface area contributed by atoms with Crippen LogP contribution in [-0.4, -0.2) is 52.3 Å². The minimum absolute atomic E-state index is 0.133. The summed E-state index contributed by atoms with van der Waals surface area (Å²) in [5.41, 5.74) is 1.12. The van der Waals surface area contributed by atoms with Crippen molar-refractivity contribution in [2.75, 3.05) is 46.4 Å². The standard InChI is InChI=1S/C20H26ClN3O2S/c1-26-18-5-3-2-4-16(18)8-9-22-20(25)15-24-12-10-23(11-13-24)14-17-6-7-19(21)27-17/h2-7H,8-15H2,1H3,(H,22,25)/p+2. The van der Waals surface area contributed by atoms with Gasteiger partial charge < -0.3 is 19.9 Å². The molecule has 0 radical (unpaired) electrons. The zero-order chi connectivity index (χ0) is 19.1. The number of carbonyl (C=O) groups is 1. The summed E-state index contributed by atoms with van der Waals surface area (Å²) in [5.74, 6) is 1.01. The lowest BCUT2D eigenvalue weighted by Gasteiger charge is -2.29. The van der Waals surface area contributed by atoms with Crippen LogP contribution in [0.3, 0.4) is 0 Å². The van der Waals surface area contributed by atoms with E-state index in [2.05, 4.69) is 11.4 Å². The molecule has 1 aromatic carbocycles. The van der Waals surface area contributed by atoms with Crippen LogP contribution in [0.5, 0.6) is 5.75 Å². The van der Waals surface area contributed by atoms with Crippen LogP contribution in [0, 0.1) is 0 Å². The van der Waals surface area contributed by atoms with Crippen molar-refractivity contribution in [2.45, 2.75) is 13.0 Å². The molecular weight excluding hydrogens is 382 g/mol. The first kappa shape index (κ1) is 20.1. The third kappa shape index (κ3) is 6.21. The largest absolute Gasteiger partial charge is 0.496 e. The van der Waals surface area contributed by atoms with E-state index in [4.69, 9.17) is 16.3 Å². The number of para-hydroxylation sites is 1. The van der Waals surface area contributed by atoms with Crippen LogP contribution in [0.1, 0.15) is 10.4 Å². The summed E-state index contributed by atoms with van der Waals surface area (Å²) in [6.45, 7) is 6.50. The number of quaternary nitrogens is 2. The second-order valence-corrected chi connectivity index (χ2v) is 8.77. The highest BCUT2D eigenvalue weighted by atomic mass is 35.5. The van der Waals surface area contributed by atoms with Crippen molar-refractivity contribution >= 4 is 28.8 Å². The molecule has 3 rings (SSSR count). The van der Waals surface area contributed by atoms with Crippen LogP contribution in [0.25, 0.3) is 0 Å². The van der Waals surface area contributed by atoms with Gasteiger partial charge in [-0.1, -0.05) is 29.8 Å². The molecule has 5 nitrogen and oxygen atoms in total. The van der Waals surface area contributed by atoms with Gasteiger partial charge in [-0.25, -0.2) is 0 Å². The average molecular weight is 410 g/mol. The highest BCUT2D eigenvalue weighted by Gasteiger charge is 2.25. The van der Waals surface area contributed by atoms with E-state index < -0.39 is 0 Å². The van der Waals surface area contributed by atoms with E-state index in [9.17, 15) is 4.79 Å². The first-order valence-corrected chi connectivity index (χ1v) is 10.6. The minimum Gasteiger partial charge on any atom is -0.496 e. The molecule has 0 bridgehead atoms. The maximum absolute atomic E-state index is 12.2. The third-order valence-corrected chi connectivity index (χ3v) is 6.27. The van der Waals surface area contributed by atoms with E-state index in [1.165, 1.54) is 9.78 Å². The van der Waals surface area contributed by atoms with Crippen molar-refractivity contribution in [2.24, 2.45) is 0 Å². The number of halogens is 1. The highest BCUT2D eigenvalue weighted by Crippen LogP contribution is 2.20. The molecule has 2 heterocycles. The maximum atomic E-state index is 12.2. The lowest BCUT2D eigenvalue weighted by Crippen LogP contribution is -3.28. The van der Waals surface area contributed by atoms with E-state index in [1.54, 1.807) is 23.3 Å². The van der Waals surface area contributed by atoms with Gasteiger partial charge in [0.2, 0.25) is 0 Å². The summed E-state index contributed by atoms with van der Waals surface area (Å²) >= 11 is 7.68. The molecule has 2 aromatic rings. The zero-order valence-corrected chi connectivity index (χ0v) is 17.3. The van der Waals surface area contributed by atoms with E-state index >= 15 is 0 Å². The number of piperazine rings is 1. The molecule has 7 heteroatoms. The van der Waals surface area contributed by atoms with Crippen LogP contribution in [-0.2, 0) is 17.8 Å². The van der Waals surface area contributed by atoms with Crippen LogP contribution in [0.4, 0.5) is 0 Å². The molecule has 0 unspecified atom stereocenters. The smallest absolute Gasteiger partial charge is 0.275 e. The van der Waals surface area contributed by atoms with E-state index in [0.29, 0.717) is 13.1 Å². The number of hydrogen-bond donors (Lipinski definition) is 3. The quantitative estimate of drug-likeness (QED) is 0.577. The number of nitrogens with one attached hydrogen (secondary N) is 3. The van der Waals surface area contributed by atoms with Crippen molar-refractivity contribution in [1.82, 2.24) is 5.32 Å². The number of ether oxygens (including phenoxy) is 1. The van der Waals surface area contributed by atoms with Crippen molar-refractivity contribution in [3.8, 4) is 5.75 Å². The molecule has 1 saturated heterocycles. The molecule has 0 aliphatic carbocycles. The second kappa shape index (κ2) is 10.1. The SMILES string of the molecule is COc1ccccc1CCNC(=O)C[NH+]1CC[NH+](Cc2ccc(Cl)s2)CC1. The van der Waals surface area contributed by atoms with Gasteiger partial charge >= 0.3 is 0 Å². The maximum Gasteiger partial charge on any atom is 0.275 e. The lowest BCUT2D eigenvalue weighted by atomic mass is 10.1. The summed E-state index contributed by atoms with van der Waals surface area (Å²) in [6, 6.07) is 12.0. The number of methoxy groups -OCH3 is 1. The molecule has 0 spiro atoms. The summed E-state index contributed by atoms with van der Waals surface area (Å²) in [6.07, 6.45) is 0.784. The van der Waals surface area contributed by atoms with E-state index in [0.717, 1.165) is 54.8 Å². The summed E-state index contributed by atoms with van der Waals surface area (Å²) in [5, 5.41) is 3.05. The topological polar surface area (TPSA) is 47.2 Å². The van der Waals surface area contributed by atoms with Gasteiger partial charge in [0, 0.05) is 6.54 Å². The Morgan fingerprint density at radius 2 is 1.89 bits per heavy atom. The van der Waals surface area contributed by atoms with Crippen LogP contribution >= 0.6 is 22.9 Å². The number of amides is 1. The molecule has 1 amide bonds. The molecule has 146 valence electrons. The number of carbonyl (C=O) groups excluding carboxylic acids is 1. The number of rotatable bonds is 8. The Hall–Kier alpha value is -1.60. The van der Waals surface area contributed by atoms with Gasteiger partial charge in [-0.3, -0.25) is 4.79 Å². The van der Waals surface area contributed by atoms with Crippen molar-refractivity contribution in [3.63, 3.8) is 0 Å². The third-order valence-electron chi connectivity index (χ3n) is 5.04. The van der Waals surface area contributed by atoms with Gasteiger partial charge in [-0.15, -0.1) is 11.3 Å². The first-order valence-electron chi connectivity index (χ1n) is 9.44. The molecule has 1 fully saturated rings. The fourth-order valence-electron chi connectivity index (χ4n) is 3.54. The van der Waals surface area contributed by atoms with Gasteiger partial charge in [0.15, 0.2) is 6.54 Å². The Labute approximate surface area is 169 Å². The average Bonchev–Trinajstić information content (AvgIpc) is 3.08. The Morgan fingerprint density at radius 3 is 2.59 bits per heavy atom. The van der Waals surface area contributed by atoms with Crippen molar-refractivity contribution in [3.05, 3.63) is 51.2 Å². The number of thiophene rings is 1. The number of benzene rings is 1. The summed E-state index contributed by atoms with van der Waals surface area (Å²) in [7, 11) is 1.68. The van der Waals surface area contributed by atoms with Gasteiger partial charge in [0.1, 0.15) is 38.5 Å². The molecule has 0 saturated carbocycles. The summed E-state index contributed by atoms with van der Waals surface area (Å²) in [4.78, 5) is 16.5. The molecule has 3 N–H and O–H groups in total. The predicted octanol–water partition coefficient (Wildman–Crippen LogP) is 0.0524. The normalized spacial score (nSPS) is 19.6. The first-order chi connectivity index (χ1) is 13.1. The zero-order valence-electron chi connectivity index (χ0n) is 15.7. The molecule has 1 aliphatic heterocycles. The van der Waals surface area contributed by atoms with Crippen LogP contribution < -0.4 is 19.9 Å².